The van der Waals surface area contributed by atoms with Crippen molar-refractivity contribution in [1.82, 2.24) is 0 Å². The van der Waals surface area contributed by atoms with E-state index < -0.39 is 15.4 Å². The molecule has 0 spiro atoms. The van der Waals surface area contributed by atoms with Gasteiger partial charge in [0.2, 0.25) is 0 Å². The molecule has 0 fully saturated rings. The van der Waals surface area contributed by atoms with E-state index in [9.17, 15) is 18.1 Å². The molecule has 6 heteroatoms. The molecule has 2 atom stereocenters. The van der Waals surface area contributed by atoms with E-state index in [-0.39, 0.29) is 57.5 Å². The standard InChI is InChI=1S/C23H48O4S.K/c1-3-5-6-7-8-9-10-11-12-13-14-15-16-19-22(24)20-17-21-23(18-4-2)28(25,26)27;/h22-24H,3-21H2,1-2H3,(H,25,26,27);/q;+1/p-1. The molecule has 29 heavy (non-hydrogen) atoms. The molecule has 2 unspecified atom stereocenters. The first-order valence-electron chi connectivity index (χ1n) is 12.0. The maximum atomic E-state index is 11.2. The molecule has 0 aromatic rings. The molecule has 0 saturated carbocycles. The number of hydrogen-bond acceptors (Lipinski definition) is 4. The fraction of sp³-hybridized carbons (Fsp3) is 1.00. The van der Waals surface area contributed by atoms with E-state index in [1.165, 1.54) is 77.0 Å². The molecule has 0 radical (unpaired) electrons. The maximum Gasteiger partial charge on any atom is 1.00 e. The molecule has 0 amide bonds. The Balaban J connectivity index is 0. The molecule has 0 rings (SSSR count). The summed E-state index contributed by atoms with van der Waals surface area (Å²) < 4.78 is 33.6. The Kier molecular flexibility index (Phi) is 25.6. The minimum Gasteiger partial charge on any atom is -0.748 e. The minimum absolute atomic E-state index is 0. The smallest absolute Gasteiger partial charge is 0.748 e. The topological polar surface area (TPSA) is 77.4 Å². The molecule has 1 N–H and O–H groups in total. The van der Waals surface area contributed by atoms with Crippen LogP contribution in [0.5, 0.6) is 0 Å². The molecule has 0 aromatic heterocycles. The maximum absolute atomic E-state index is 11.2. The predicted octanol–water partition coefficient (Wildman–Crippen LogP) is 3.72. The van der Waals surface area contributed by atoms with Crippen LogP contribution in [-0.2, 0) is 10.1 Å². The van der Waals surface area contributed by atoms with Crippen molar-refractivity contribution >= 4 is 10.1 Å². The molecule has 4 nitrogen and oxygen atoms in total. The summed E-state index contributed by atoms with van der Waals surface area (Å²) in [6.45, 7) is 4.15. The summed E-state index contributed by atoms with van der Waals surface area (Å²) in [7, 11) is -4.20. The summed E-state index contributed by atoms with van der Waals surface area (Å²) in [5, 5.41) is 9.27. The third kappa shape index (κ3) is 22.5. The number of hydrogen-bond donors (Lipinski definition) is 1. The molecule has 0 saturated heterocycles. The van der Waals surface area contributed by atoms with E-state index in [1.54, 1.807) is 0 Å². The summed E-state index contributed by atoms with van der Waals surface area (Å²) in [5.41, 5.74) is 0. The van der Waals surface area contributed by atoms with Crippen LogP contribution in [-0.4, -0.2) is 29.4 Å². The van der Waals surface area contributed by atoms with Crippen molar-refractivity contribution < 1.29 is 69.5 Å². The van der Waals surface area contributed by atoms with Crippen LogP contribution >= 0.6 is 0 Å². The number of rotatable bonds is 21. The van der Waals surface area contributed by atoms with E-state index in [0.717, 1.165) is 12.8 Å². The van der Waals surface area contributed by atoms with Crippen molar-refractivity contribution in [3.63, 3.8) is 0 Å². The molecular weight excluding hydrogens is 411 g/mol. The third-order valence-corrected chi connectivity index (χ3v) is 7.01. The fourth-order valence-corrected chi connectivity index (χ4v) is 4.86. The zero-order chi connectivity index (χ0) is 21.1. The Bertz CT molecular complexity index is 429. The van der Waals surface area contributed by atoms with Gasteiger partial charge in [-0.05, 0) is 32.1 Å². The summed E-state index contributed by atoms with van der Waals surface area (Å²) >= 11 is 0. The first kappa shape index (κ1) is 32.7. The molecule has 0 heterocycles. The molecular formula is C23H47KO4S. The number of aliphatic hydroxyl groups excluding tert-OH is 1. The van der Waals surface area contributed by atoms with Gasteiger partial charge in [-0.15, -0.1) is 0 Å². The van der Waals surface area contributed by atoms with Gasteiger partial charge in [0, 0.05) is 5.25 Å². The van der Waals surface area contributed by atoms with Gasteiger partial charge < -0.3 is 9.66 Å². The van der Waals surface area contributed by atoms with Gasteiger partial charge in [-0.25, -0.2) is 8.42 Å². The molecule has 0 aliphatic heterocycles. The fourth-order valence-electron chi connectivity index (χ4n) is 3.88. The summed E-state index contributed by atoms with van der Waals surface area (Å²) in [4.78, 5) is 0. The molecule has 0 aliphatic rings. The zero-order valence-electron chi connectivity index (χ0n) is 19.7. The van der Waals surface area contributed by atoms with Crippen molar-refractivity contribution in [2.75, 3.05) is 0 Å². The van der Waals surface area contributed by atoms with Crippen molar-refractivity contribution in [3.8, 4) is 0 Å². The monoisotopic (exact) mass is 458 g/mol. The van der Waals surface area contributed by atoms with E-state index in [2.05, 4.69) is 6.92 Å². The van der Waals surface area contributed by atoms with Gasteiger partial charge in [0.05, 0.1) is 16.2 Å². The SMILES string of the molecule is CCCCCCCCCCCCCCCC(O)CCCC(CCC)S(=O)(=O)[O-].[K+]. The summed E-state index contributed by atoms with van der Waals surface area (Å²) in [6.07, 6.45) is 20.3. The second-order valence-corrected chi connectivity index (χ2v) is 10.2. The third-order valence-electron chi connectivity index (χ3n) is 5.72. The second kappa shape index (κ2) is 22.7. The zero-order valence-corrected chi connectivity index (χ0v) is 23.6. The van der Waals surface area contributed by atoms with E-state index in [4.69, 9.17) is 0 Å². The number of aliphatic hydroxyl groups is 1. The Morgan fingerprint density at radius 2 is 1.03 bits per heavy atom. The van der Waals surface area contributed by atoms with Crippen LogP contribution in [0.4, 0.5) is 0 Å². The quantitative estimate of drug-likeness (QED) is 0.162. The first-order chi connectivity index (χ1) is 13.4. The first-order valence-corrected chi connectivity index (χ1v) is 13.5. The molecule has 170 valence electrons. The molecule has 0 aliphatic carbocycles. The van der Waals surface area contributed by atoms with Gasteiger partial charge in [-0.1, -0.05) is 104 Å². The van der Waals surface area contributed by atoms with Gasteiger partial charge in [-0.2, -0.15) is 0 Å². The Labute approximate surface area is 224 Å². The largest absolute Gasteiger partial charge is 1.00 e. The summed E-state index contributed by atoms with van der Waals surface area (Å²) in [5.74, 6) is 0. The average Bonchev–Trinajstić information content (AvgIpc) is 2.64. The van der Waals surface area contributed by atoms with Crippen LogP contribution in [0, 0.1) is 0 Å². The predicted molar refractivity (Wildman–Crippen MR) is 119 cm³/mol. The van der Waals surface area contributed by atoms with E-state index >= 15 is 0 Å². The second-order valence-electron chi connectivity index (χ2n) is 8.52. The van der Waals surface area contributed by atoms with Crippen molar-refractivity contribution in [1.29, 1.82) is 0 Å². The van der Waals surface area contributed by atoms with Gasteiger partial charge >= 0.3 is 51.4 Å². The van der Waals surface area contributed by atoms with Gasteiger partial charge in [0.1, 0.15) is 0 Å². The number of unbranched alkanes of at least 4 members (excludes halogenated alkanes) is 12. The van der Waals surface area contributed by atoms with Crippen LogP contribution < -0.4 is 51.4 Å². The van der Waals surface area contributed by atoms with Crippen LogP contribution in [0.25, 0.3) is 0 Å². The van der Waals surface area contributed by atoms with Crippen LogP contribution in [0.2, 0.25) is 0 Å². The van der Waals surface area contributed by atoms with Crippen molar-refractivity contribution in [2.24, 2.45) is 0 Å². The molecule has 0 bridgehead atoms. The Hall–Kier alpha value is 1.51. The van der Waals surface area contributed by atoms with Crippen molar-refractivity contribution in [2.45, 2.75) is 147 Å². The van der Waals surface area contributed by atoms with Crippen LogP contribution in [0.1, 0.15) is 136 Å². The Morgan fingerprint density at radius 3 is 1.45 bits per heavy atom. The van der Waals surface area contributed by atoms with Crippen LogP contribution in [0.3, 0.4) is 0 Å². The van der Waals surface area contributed by atoms with Gasteiger partial charge in [0.25, 0.3) is 0 Å². The normalized spacial score (nSPS) is 13.8. The van der Waals surface area contributed by atoms with E-state index in [0.29, 0.717) is 32.1 Å². The molecule has 0 aromatic carbocycles. The van der Waals surface area contributed by atoms with Gasteiger partial charge in [-0.3, -0.25) is 0 Å². The van der Waals surface area contributed by atoms with E-state index in [1.807, 2.05) is 6.92 Å². The average molecular weight is 459 g/mol. The minimum atomic E-state index is -4.20. The van der Waals surface area contributed by atoms with Crippen LogP contribution in [0.15, 0.2) is 0 Å². The van der Waals surface area contributed by atoms with Gasteiger partial charge in [0.15, 0.2) is 0 Å². The summed E-state index contributed by atoms with van der Waals surface area (Å²) in [6, 6.07) is 0. The van der Waals surface area contributed by atoms with Crippen molar-refractivity contribution in [3.05, 3.63) is 0 Å². The Morgan fingerprint density at radius 1 is 0.621 bits per heavy atom.